The van der Waals surface area contributed by atoms with Crippen LogP contribution in [0.15, 0.2) is 52.0 Å². The second-order valence-corrected chi connectivity index (χ2v) is 5.61. The fourth-order valence-corrected chi connectivity index (χ4v) is 2.46. The third-order valence-corrected chi connectivity index (χ3v) is 3.79. The van der Waals surface area contributed by atoms with E-state index < -0.39 is 0 Å². The van der Waals surface area contributed by atoms with Gasteiger partial charge in [0, 0.05) is 26.3 Å². The molecule has 90 valence electrons. The highest BCUT2D eigenvalue weighted by Gasteiger charge is 1.98. The van der Waals surface area contributed by atoms with Crippen molar-refractivity contribution in [3.8, 4) is 0 Å². The van der Waals surface area contributed by atoms with E-state index in [2.05, 4.69) is 33.0 Å². The van der Waals surface area contributed by atoms with Crippen molar-refractivity contribution >= 4 is 51.7 Å². The Hall–Kier alpha value is -0.220. The highest BCUT2D eigenvalue weighted by molar-refractivity contribution is 9.10. The Bertz CT molecular complexity index is 476. The number of nitrogens with zero attached hydrogens (tertiary/aromatic N) is 1. The predicted octanol–water partition coefficient (Wildman–Crippen LogP) is 5.21. The molecule has 17 heavy (non-hydrogen) atoms. The third kappa shape index (κ3) is 4.88. The molecule has 1 nitrogen and oxygen atoms in total. The van der Waals surface area contributed by atoms with Gasteiger partial charge in [0.15, 0.2) is 0 Å². The maximum atomic E-state index is 5.89. The molecule has 0 atom stereocenters. The Labute approximate surface area is 125 Å². The maximum Gasteiger partial charge on any atom is 0.0521 e. The summed E-state index contributed by atoms with van der Waals surface area (Å²) in [5.41, 5.74) is 1.00. The first kappa shape index (κ1) is 14.8. The molecule has 0 aliphatic heterocycles. The summed E-state index contributed by atoms with van der Waals surface area (Å²) in [5.74, 6) is 0.836. The predicted molar refractivity (Wildman–Crippen MR) is 80.2 cm³/mol. The van der Waals surface area contributed by atoms with E-state index in [1.165, 1.54) is 4.90 Å². The second kappa shape index (κ2) is 7.27. The highest BCUT2D eigenvalue weighted by atomic mass is 79.9. The molecule has 0 N–H and O–H groups in total. The van der Waals surface area contributed by atoms with Gasteiger partial charge in [-0.2, -0.15) is 0 Å². The zero-order chi connectivity index (χ0) is 11.4. The van der Waals surface area contributed by atoms with Gasteiger partial charge in [0.25, 0.3) is 0 Å². The van der Waals surface area contributed by atoms with Crippen LogP contribution in [-0.4, -0.2) is 4.98 Å². The molecule has 0 aliphatic rings. The number of hydrogen-bond donors (Lipinski definition) is 0. The number of hydrogen-bond acceptors (Lipinski definition) is 2. The largest absolute Gasteiger partial charge is 0.260 e. The van der Waals surface area contributed by atoms with E-state index in [-0.39, 0.29) is 12.4 Å². The molecule has 1 aromatic carbocycles. The molecule has 0 unspecified atom stereocenters. The Kier molecular flexibility index (Phi) is 6.34. The van der Waals surface area contributed by atoms with Crippen LogP contribution >= 0.6 is 51.7 Å². The molecule has 0 saturated heterocycles. The standard InChI is InChI=1S/C12H9BrClNS.ClH/c13-9-1-3-12(4-2-9)16-8-11-7-10(14)5-6-15-11;/h1-7H,8H2;1H. The minimum Gasteiger partial charge on any atom is -0.260 e. The molecule has 0 fully saturated rings. The lowest BCUT2D eigenvalue weighted by molar-refractivity contribution is 1.17. The molecule has 0 aliphatic carbocycles. The van der Waals surface area contributed by atoms with Crippen molar-refractivity contribution in [2.45, 2.75) is 10.6 Å². The average Bonchev–Trinajstić information content (AvgIpc) is 2.28. The highest BCUT2D eigenvalue weighted by Crippen LogP contribution is 2.24. The zero-order valence-corrected chi connectivity index (χ0v) is 12.7. The molecule has 1 aromatic heterocycles. The monoisotopic (exact) mass is 349 g/mol. The molecule has 0 saturated carbocycles. The minimum absolute atomic E-state index is 0. The van der Waals surface area contributed by atoms with Gasteiger partial charge in [0.2, 0.25) is 0 Å². The summed E-state index contributed by atoms with van der Waals surface area (Å²) in [7, 11) is 0. The topological polar surface area (TPSA) is 12.9 Å². The van der Waals surface area contributed by atoms with Crippen LogP contribution < -0.4 is 0 Å². The average molecular weight is 351 g/mol. The first-order chi connectivity index (χ1) is 7.74. The SMILES string of the molecule is Cl.Clc1ccnc(CSc2ccc(Br)cc2)c1. The van der Waals surface area contributed by atoms with Crippen molar-refractivity contribution in [2.75, 3.05) is 0 Å². The van der Waals surface area contributed by atoms with E-state index in [1.54, 1.807) is 24.0 Å². The van der Waals surface area contributed by atoms with Gasteiger partial charge in [-0.1, -0.05) is 27.5 Å². The minimum atomic E-state index is 0. The molecule has 5 heteroatoms. The van der Waals surface area contributed by atoms with Crippen LogP contribution in [0.2, 0.25) is 5.02 Å². The fraction of sp³-hybridized carbons (Fsp3) is 0.0833. The van der Waals surface area contributed by atoms with Crippen LogP contribution in [0.25, 0.3) is 0 Å². The molecule has 2 aromatic rings. The summed E-state index contributed by atoms with van der Waals surface area (Å²) < 4.78 is 1.10. The quantitative estimate of drug-likeness (QED) is 0.704. The molecule has 0 bridgehead atoms. The first-order valence-electron chi connectivity index (χ1n) is 4.73. The van der Waals surface area contributed by atoms with Crippen LogP contribution in [0.3, 0.4) is 0 Å². The van der Waals surface area contributed by atoms with E-state index in [4.69, 9.17) is 11.6 Å². The number of aromatic nitrogens is 1. The van der Waals surface area contributed by atoms with Gasteiger partial charge < -0.3 is 0 Å². The van der Waals surface area contributed by atoms with Gasteiger partial charge in [0.1, 0.15) is 0 Å². The van der Waals surface area contributed by atoms with Crippen molar-refractivity contribution in [3.05, 3.63) is 57.8 Å². The lowest BCUT2D eigenvalue weighted by atomic mass is 10.4. The van der Waals surface area contributed by atoms with E-state index in [0.717, 1.165) is 20.9 Å². The smallest absolute Gasteiger partial charge is 0.0521 e. The summed E-state index contributed by atoms with van der Waals surface area (Å²) in [6.07, 6.45) is 1.74. The van der Waals surface area contributed by atoms with Gasteiger partial charge in [-0.3, -0.25) is 4.98 Å². The summed E-state index contributed by atoms with van der Waals surface area (Å²) >= 11 is 11.1. The second-order valence-electron chi connectivity index (χ2n) is 3.21. The van der Waals surface area contributed by atoms with E-state index in [0.29, 0.717) is 0 Å². The van der Waals surface area contributed by atoms with Crippen molar-refractivity contribution in [3.63, 3.8) is 0 Å². The van der Waals surface area contributed by atoms with Crippen LogP contribution in [0.5, 0.6) is 0 Å². The Morgan fingerprint density at radius 1 is 1.18 bits per heavy atom. The molecular formula is C12H10BrCl2NS. The molecular weight excluding hydrogens is 341 g/mol. The summed E-state index contributed by atoms with van der Waals surface area (Å²) in [6, 6.07) is 11.9. The number of rotatable bonds is 3. The summed E-state index contributed by atoms with van der Waals surface area (Å²) in [5, 5.41) is 0.737. The van der Waals surface area contributed by atoms with Crippen LogP contribution in [0.1, 0.15) is 5.69 Å². The van der Waals surface area contributed by atoms with Crippen LogP contribution in [0, 0.1) is 0 Å². The lowest BCUT2D eigenvalue weighted by Gasteiger charge is -2.01. The van der Waals surface area contributed by atoms with Crippen molar-refractivity contribution in [2.24, 2.45) is 0 Å². The molecule has 0 amide bonds. The number of benzene rings is 1. The van der Waals surface area contributed by atoms with Crippen LogP contribution in [0.4, 0.5) is 0 Å². The first-order valence-corrected chi connectivity index (χ1v) is 6.88. The molecule has 1 heterocycles. The number of pyridine rings is 1. The van der Waals surface area contributed by atoms with Crippen molar-refractivity contribution in [1.29, 1.82) is 0 Å². The van der Waals surface area contributed by atoms with Crippen LogP contribution in [-0.2, 0) is 5.75 Å². The van der Waals surface area contributed by atoms with Gasteiger partial charge in [0.05, 0.1) is 5.69 Å². The fourth-order valence-electron chi connectivity index (χ4n) is 1.22. The maximum absolute atomic E-state index is 5.89. The van der Waals surface area contributed by atoms with Gasteiger partial charge in [-0.25, -0.2) is 0 Å². The van der Waals surface area contributed by atoms with Crippen molar-refractivity contribution < 1.29 is 0 Å². The Morgan fingerprint density at radius 2 is 1.88 bits per heavy atom. The van der Waals surface area contributed by atoms with E-state index >= 15 is 0 Å². The molecule has 2 rings (SSSR count). The molecule has 0 radical (unpaired) electrons. The normalized spacial score (nSPS) is 9.76. The zero-order valence-electron chi connectivity index (χ0n) is 8.77. The Morgan fingerprint density at radius 3 is 2.53 bits per heavy atom. The summed E-state index contributed by atoms with van der Waals surface area (Å²) in [6.45, 7) is 0. The van der Waals surface area contributed by atoms with E-state index in [1.807, 2.05) is 18.2 Å². The third-order valence-electron chi connectivity index (χ3n) is 1.98. The van der Waals surface area contributed by atoms with Gasteiger partial charge in [-0.05, 0) is 36.4 Å². The summed E-state index contributed by atoms with van der Waals surface area (Å²) in [4.78, 5) is 5.48. The van der Waals surface area contributed by atoms with Gasteiger partial charge in [-0.15, -0.1) is 24.2 Å². The lowest BCUT2D eigenvalue weighted by Crippen LogP contribution is -1.85. The Balaban J connectivity index is 0.00000144. The van der Waals surface area contributed by atoms with E-state index in [9.17, 15) is 0 Å². The number of thioether (sulfide) groups is 1. The number of halogens is 3. The molecule has 0 spiro atoms. The van der Waals surface area contributed by atoms with Gasteiger partial charge >= 0.3 is 0 Å². The van der Waals surface area contributed by atoms with Crippen molar-refractivity contribution in [1.82, 2.24) is 4.98 Å².